The number of fused-ring (bicyclic) bond motifs is 16. The predicted molar refractivity (Wildman–Crippen MR) is 546 cm³/mol. The van der Waals surface area contributed by atoms with Crippen molar-refractivity contribution in [2.75, 3.05) is 60.0 Å². The van der Waals surface area contributed by atoms with E-state index < -0.39 is 11.7 Å². The Morgan fingerprint density at radius 2 is 0.979 bits per heavy atom. The van der Waals surface area contributed by atoms with Gasteiger partial charge in [-0.3, -0.25) is 73.1 Å². The second-order valence-electron chi connectivity index (χ2n) is 38.7. The lowest BCUT2D eigenvalue weighted by Gasteiger charge is -2.38. The molecule has 0 spiro atoms. The number of aryl methyl sites for hydroxylation is 2. The lowest BCUT2D eigenvalue weighted by atomic mass is 10.1. The van der Waals surface area contributed by atoms with E-state index in [9.17, 15) is 32.3 Å². The molecule has 33 heteroatoms. The van der Waals surface area contributed by atoms with Gasteiger partial charge < -0.3 is 32.3 Å². The highest BCUT2D eigenvalue weighted by molar-refractivity contribution is 6.26. The maximum Gasteiger partial charge on any atom is 0.416 e. The molecule has 12 aromatic rings. The number of guanidine groups is 3. The van der Waals surface area contributed by atoms with Gasteiger partial charge in [-0.05, 0) is 217 Å². The number of carbonyl (C=O) groups is 3. The van der Waals surface area contributed by atoms with Crippen LogP contribution in [-0.2, 0) is 37.5 Å². The summed E-state index contributed by atoms with van der Waals surface area (Å²) in [5.74, 6) is 6.30. The first kappa shape index (κ1) is 92.8. The number of rotatable bonds is 21. The fourth-order valence-electron chi connectivity index (χ4n) is 21.9. The first-order valence-corrected chi connectivity index (χ1v) is 49.4. The van der Waals surface area contributed by atoms with Gasteiger partial charge >= 0.3 is 6.18 Å². The average molecular weight is 1910 g/mol. The Hall–Kier alpha value is -15.6. The van der Waals surface area contributed by atoms with E-state index >= 15 is 0 Å². The van der Waals surface area contributed by atoms with Gasteiger partial charge in [0.2, 0.25) is 23.5 Å². The summed E-state index contributed by atoms with van der Waals surface area (Å²) in [6, 6.07) is 70.6. The molecule has 0 unspecified atom stereocenters. The first-order valence-electron chi connectivity index (χ1n) is 49.4. The minimum absolute atomic E-state index is 0.0829. The number of carbonyl (C=O) groups excluding carboxylic acids is 3. The summed E-state index contributed by atoms with van der Waals surface area (Å²) in [7, 11) is 7.10. The Morgan fingerprint density at radius 1 is 0.493 bits per heavy atom. The maximum atomic E-state index is 13.7. The van der Waals surface area contributed by atoms with Gasteiger partial charge in [-0.1, -0.05) is 158 Å². The van der Waals surface area contributed by atoms with Gasteiger partial charge in [-0.2, -0.15) is 23.4 Å². The Balaban J connectivity index is 0.000000112. The molecule has 24 rings (SSSR count). The van der Waals surface area contributed by atoms with Gasteiger partial charge in [0.1, 0.15) is 56.5 Å². The summed E-state index contributed by atoms with van der Waals surface area (Å²) >= 11 is 0. The number of aliphatic imine (C=N–C) groups is 4. The second kappa shape index (κ2) is 39.3. The number of halogens is 3. The number of amides is 3. The number of alkyl halides is 3. The normalized spacial score (nSPS) is 21.1. The van der Waals surface area contributed by atoms with Gasteiger partial charge in [-0.25, -0.2) is 34.3 Å². The monoisotopic (exact) mass is 1910 g/mol. The Kier molecular flexibility index (Phi) is 25.6. The zero-order valence-corrected chi connectivity index (χ0v) is 80.3. The van der Waals surface area contributed by atoms with Crippen LogP contribution in [0.4, 0.5) is 59.2 Å². The lowest BCUT2D eigenvalue weighted by Crippen LogP contribution is -2.59. The Morgan fingerprint density at radius 3 is 1.54 bits per heavy atom. The van der Waals surface area contributed by atoms with E-state index in [0.29, 0.717) is 94.7 Å². The third kappa shape index (κ3) is 18.2. The summed E-state index contributed by atoms with van der Waals surface area (Å²) in [4.78, 5) is 98.7. The minimum Gasteiger partial charge on any atom is -0.383 e. The van der Waals surface area contributed by atoms with E-state index in [2.05, 4.69) is 117 Å². The standard InChI is InChI=1S/2C30H29N7O.C26H27F3N6O.C23H30N6O/c1-19-11-16-23(31-17-19)21-14-12-20(13-15-21)18-36-27(32-22-7-4-3-5-8-22)26-28(34-36)37-25-10-6-9-24(25)33-30(37)35(2)29(26)38;1-19-11-16-23(31-17-19)21-14-12-20(13-15-21)18-36-28-26(27(34-36)32-22-7-4-3-5-8-22)29(38)35(2)30-33-24-9-6-10-25(24)37(28)30;1-34-24(36)21(22(30)32-18-6-3-2-4-7-18)23(35-20-9-5-8-19(20)33-25(34)35)31-15-14-16-10-12-17(13-11-16)26(27,28)29;1-28-22(30)19(20(24)29-18-13-7-12-17(18)27-23(28)29)21(25-14-15-8-5-6-9-15)26-16-10-3-2-4-11-16/h3-5,7-8,11-17,24-25,32H,6,9-10,18H2,1-2H3;3-5,7-8,11-17,24-25H,6,9-10,18H2,1-2H3,(H,32,34);2-4,6-7,10-13,19-20,31H,5,8-9,14-15H2,1H3,(H2,30,32);2-4,10-11,15,17-18,24-26H,5-9,12-14H2,1H3/b;;;21-19-,24-20?/t2*24-,25+;19-,20+;17-,18+/m1111/s1. The molecule has 7 aromatic carbocycles. The number of hydrogen-bond donors (Lipinski definition) is 7. The number of para-hydroxylation sites is 4. The van der Waals surface area contributed by atoms with Crippen molar-refractivity contribution in [3.8, 4) is 22.5 Å². The third-order valence-corrected chi connectivity index (χ3v) is 29.3. The van der Waals surface area contributed by atoms with Gasteiger partial charge in [0.25, 0.3) is 23.3 Å². The van der Waals surface area contributed by atoms with E-state index in [1.807, 2.05) is 176 Å². The van der Waals surface area contributed by atoms with E-state index in [-0.39, 0.29) is 88.5 Å². The fraction of sp³-hybridized carbons (Fsp3) is 0.339. The van der Waals surface area contributed by atoms with Crippen molar-refractivity contribution in [2.45, 2.75) is 191 Å². The molecule has 5 saturated carbocycles. The molecule has 3 amide bonds. The highest BCUT2D eigenvalue weighted by Crippen LogP contribution is 2.47. The van der Waals surface area contributed by atoms with Crippen molar-refractivity contribution in [3.05, 3.63) is 313 Å². The van der Waals surface area contributed by atoms with Crippen LogP contribution < -0.4 is 64.0 Å². The van der Waals surface area contributed by atoms with Crippen molar-refractivity contribution in [2.24, 2.45) is 43.7 Å². The third-order valence-electron chi connectivity index (χ3n) is 29.3. The fourth-order valence-corrected chi connectivity index (χ4v) is 21.9. The molecule has 7 aliphatic heterocycles. The van der Waals surface area contributed by atoms with E-state index in [1.54, 1.807) is 40.6 Å². The molecule has 12 aliphatic rings. The number of pyridine rings is 2. The number of benzene rings is 7. The number of nitrogens with zero attached hydrogens (tertiary/aromatic N) is 19. The zero-order valence-electron chi connectivity index (χ0n) is 80.3. The summed E-state index contributed by atoms with van der Waals surface area (Å²) in [6.07, 6.45) is 17.5. The van der Waals surface area contributed by atoms with Crippen LogP contribution in [0, 0.1) is 25.2 Å². The molecule has 0 saturated heterocycles. The molecule has 8 N–H and O–H groups in total. The molecular formula is C109H115F3N26O4. The summed E-state index contributed by atoms with van der Waals surface area (Å²) in [5.41, 5.74) is 20.5. The van der Waals surface area contributed by atoms with Crippen LogP contribution in [0.5, 0.6) is 0 Å². The molecule has 8 atom stereocenters. The molecule has 5 aliphatic carbocycles. The van der Waals surface area contributed by atoms with E-state index in [0.717, 1.165) is 181 Å². The molecule has 0 bridgehead atoms. The number of likely N-dealkylation sites (N-methyl/N-ethyl adjacent to an activating group) is 1. The quantitative estimate of drug-likeness (QED) is 0.0260. The van der Waals surface area contributed by atoms with E-state index in [1.165, 1.54) is 42.7 Å². The van der Waals surface area contributed by atoms with Gasteiger partial charge in [0, 0.05) is 81.9 Å². The summed E-state index contributed by atoms with van der Waals surface area (Å²) in [5, 5.41) is 36.6. The average Bonchev–Trinajstić information content (AvgIpc) is 1.56. The van der Waals surface area contributed by atoms with Crippen LogP contribution in [0.25, 0.3) is 28.3 Å². The summed E-state index contributed by atoms with van der Waals surface area (Å²) < 4.78 is 46.2. The van der Waals surface area contributed by atoms with Crippen molar-refractivity contribution in [3.63, 3.8) is 0 Å². The highest BCUT2D eigenvalue weighted by atomic mass is 19.4. The number of amidine groups is 1. The molecule has 0 radical (unpaired) electrons. The molecule has 30 nitrogen and oxygen atoms in total. The van der Waals surface area contributed by atoms with Crippen LogP contribution in [0.15, 0.2) is 272 Å². The Labute approximate surface area is 820 Å². The molecule has 12 heterocycles. The molecule has 726 valence electrons. The SMILES string of the molecule is CN1C(=O)C(C(N)=Nc2ccccc2)=C(NCCc2ccc(C(F)(F)F)cc2)N2C1=N[C@@H]1CCC[C@@H]12.Cc1ccc(-c2ccc(Cn3nc(Nc4ccccc4)c4c3N3C(=N[C@@H]5CCC[C@@H]53)N(C)C4=O)cc2)nc1.Cc1ccc(-c2ccc(Cn3nc4c(c3Nc3ccccc3)C(=O)N(C)C3=N[C@@H]5CCC[C@@H]5N34)cc2)nc1.Cn1c(=O)/c(=C(/NCC2CCCC2)Nc2ccccc2)c(=N)n2c1=N[C@@H]1CCC[C@@H]12. The topological polar surface area (TPSA) is 331 Å². The minimum atomic E-state index is -4.37. The number of nitrogens with one attached hydrogen (secondary N) is 6. The lowest BCUT2D eigenvalue weighted by molar-refractivity contribution is -0.137. The zero-order chi connectivity index (χ0) is 97.7. The number of anilines is 7. The number of hydrogen-bond acceptors (Lipinski definition) is 22. The molecule has 142 heavy (non-hydrogen) atoms. The number of nitrogens with two attached hydrogens (primary N) is 1. The van der Waals surface area contributed by atoms with Crippen molar-refractivity contribution in [1.82, 2.24) is 68.9 Å². The second-order valence-corrected chi connectivity index (χ2v) is 38.7. The smallest absolute Gasteiger partial charge is 0.383 e. The van der Waals surface area contributed by atoms with Crippen LogP contribution >= 0.6 is 0 Å². The van der Waals surface area contributed by atoms with Crippen LogP contribution in [-0.4, -0.2) is 176 Å². The van der Waals surface area contributed by atoms with Crippen LogP contribution in [0.2, 0.25) is 0 Å². The maximum absolute atomic E-state index is 13.7. The van der Waals surface area contributed by atoms with Crippen molar-refractivity contribution in [1.29, 1.82) is 5.41 Å². The van der Waals surface area contributed by atoms with E-state index in [4.69, 9.17) is 41.3 Å². The van der Waals surface area contributed by atoms with Gasteiger partial charge in [0.15, 0.2) is 11.6 Å². The van der Waals surface area contributed by atoms with Crippen LogP contribution in [0.3, 0.4) is 0 Å². The van der Waals surface area contributed by atoms with Crippen molar-refractivity contribution >= 4 is 93.3 Å². The number of aromatic nitrogens is 8. The molecular weight excluding hydrogens is 1790 g/mol. The Bertz CT molecular complexity index is 7190. The molecule has 5 fully saturated rings. The largest absolute Gasteiger partial charge is 0.416 e. The van der Waals surface area contributed by atoms with Gasteiger partial charge in [-0.15, -0.1) is 0 Å². The van der Waals surface area contributed by atoms with Gasteiger partial charge in [0.05, 0.1) is 84.1 Å². The van der Waals surface area contributed by atoms with Crippen LogP contribution in [0.1, 0.15) is 163 Å². The molecule has 5 aromatic heterocycles. The first-order chi connectivity index (χ1) is 69.0. The predicted octanol–water partition coefficient (Wildman–Crippen LogP) is 15.6. The summed E-state index contributed by atoms with van der Waals surface area (Å²) in [6.45, 7) is 6.35. The van der Waals surface area contributed by atoms with Crippen molar-refractivity contribution < 1.29 is 27.6 Å². The highest BCUT2D eigenvalue weighted by Gasteiger charge is 2.53.